The highest BCUT2D eigenvalue weighted by Crippen LogP contribution is 2.27. The Morgan fingerprint density at radius 3 is 3.06 bits per heavy atom. The Bertz CT molecular complexity index is 571. The molecule has 1 N–H and O–H groups in total. The summed E-state index contributed by atoms with van der Waals surface area (Å²) in [6, 6.07) is 8.36. The maximum atomic E-state index is 11.7. The van der Waals surface area contributed by atoms with Gasteiger partial charge in [-0.05, 0) is 18.1 Å². The maximum Gasteiger partial charge on any atom is 0.222 e. The van der Waals surface area contributed by atoms with Gasteiger partial charge in [0.2, 0.25) is 5.91 Å². The van der Waals surface area contributed by atoms with E-state index in [1.54, 1.807) is 0 Å². The number of carbonyl (C=O) groups excluding carboxylic acids is 1. The van der Waals surface area contributed by atoms with Crippen molar-refractivity contribution in [2.75, 3.05) is 6.54 Å². The van der Waals surface area contributed by atoms with Gasteiger partial charge in [0.05, 0.1) is 6.54 Å². The van der Waals surface area contributed by atoms with Crippen molar-refractivity contribution < 1.29 is 4.79 Å². The fourth-order valence-corrected chi connectivity index (χ4v) is 2.63. The molecular weight excluding hydrogens is 212 g/mol. The summed E-state index contributed by atoms with van der Waals surface area (Å²) in [6.07, 6.45) is 1.56. The molecule has 2 heterocycles. The van der Waals surface area contributed by atoms with Crippen molar-refractivity contribution in [3.05, 3.63) is 35.5 Å². The fourth-order valence-electron chi connectivity index (χ4n) is 2.63. The van der Waals surface area contributed by atoms with E-state index >= 15 is 0 Å². The third kappa shape index (κ3) is 1.62. The van der Waals surface area contributed by atoms with Gasteiger partial charge in [-0.3, -0.25) is 4.79 Å². The lowest BCUT2D eigenvalue weighted by molar-refractivity contribution is -0.131. The van der Waals surface area contributed by atoms with Crippen molar-refractivity contribution in [2.24, 2.45) is 0 Å². The number of H-pyrrole nitrogens is 1. The molecule has 0 bridgehead atoms. The van der Waals surface area contributed by atoms with E-state index in [1.165, 1.54) is 22.2 Å². The van der Waals surface area contributed by atoms with Gasteiger partial charge in [0.15, 0.2) is 0 Å². The SMILES string of the molecule is CCC(=O)N1CCc2c([nH]c3ccccc23)C1. The number of rotatable bonds is 1. The highest BCUT2D eigenvalue weighted by atomic mass is 16.2. The number of hydrogen-bond acceptors (Lipinski definition) is 1. The van der Waals surface area contributed by atoms with Crippen LogP contribution < -0.4 is 0 Å². The number of hydrogen-bond donors (Lipinski definition) is 1. The molecule has 0 fully saturated rings. The van der Waals surface area contributed by atoms with E-state index in [1.807, 2.05) is 17.9 Å². The van der Waals surface area contributed by atoms with Crippen LogP contribution in [0.5, 0.6) is 0 Å². The van der Waals surface area contributed by atoms with E-state index in [-0.39, 0.29) is 5.91 Å². The highest BCUT2D eigenvalue weighted by molar-refractivity contribution is 5.85. The molecule has 1 aliphatic rings. The second kappa shape index (κ2) is 3.91. The van der Waals surface area contributed by atoms with E-state index in [4.69, 9.17) is 0 Å². The van der Waals surface area contributed by atoms with Crippen LogP contribution in [0.25, 0.3) is 10.9 Å². The molecule has 3 rings (SSSR count). The summed E-state index contributed by atoms with van der Waals surface area (Å²) in [4.78, 5) is 17.1. The molecule has 3 nitrogen and oxygen atoms in total. The first kappa shape index (κ1) is 10.4. The van der Waals surface area contributed by atoms with Gasteiger partial charge in [-0.25, -0.2) is 0 Å². The van der Waals surface area contributed by atoms with Crippen molar-refractivity contribution in [1.29, 1.82) is 0 Å². The van der Waals surface area contributed by atoms with Crippen LogP contribution in [0.2, 0.25) is 0 Å². The summed E-state index contributed by atoms with van der Waals surface area (Å²) in [7, 11) is 0. The molecule has 1 aromatic heterocycles. The van der Waals surface area contributed by atoms with E-state index < -0.39 is 0 Å². The molecule has 0 saturated heterocycles. The van der Waals surface area contributed by atoms with Crippen LogP contribution in [-0.2, 0) is 17.8 Å². The number of nitrogens with zero attached hydrogens (tertiary/aromatic N) is 1. The summed E-state index contributed by atoms with van der Waals surface area (Å²) in [6.45, 7) is 3.50. The molecule has 0 radical (unpaired) electrons. The van der Waals surface area contributed by atoms with Gasteiger partial charge in [-0.2, -0.15) is 0 Å². The molecular formula is C14H16N2O. The van der Waals surface area contributed by atoms with Crippen molar-refractivity contribution in [3.63, 3.8) is 0 Å². The molecule has 1 amide bonds. The second-order valence-corrected chi connectivity index (χ2v) is 4.55. The molecule has 2 aromatic rings. The lowest BCUT2D eigenvalue weighted by Gasteiger charge is -2.26. The smallest absolute Gasteiger partial charge is 0.222 e. The fraction of sp³-hybridized carbons (Fsp3) is 0.357. The number of aromatic amines is 1. The molecule has 3 heteroatoms. The summed E-state index contributed by atoms with van der Waals surface area (Å²) in [5.41, 5.74) is 3.78. The lowest BCUT2D eigenvalue weighted by atomic mass is 10.0. The molecule has 88 valence electrons. The maximum absolute atomic E-state index is 11.7. The van der Waals surface area contributed by atoms with E-state index in [0.717, 1.165) is 19.5 Å². The first-order valence-corrected chi connectivity index (χ1v) is 6.16. The second-order valence-electron chi connectivity index (χ2n) is 4.55. The van der Waals surface area contributed by atoms with Gasteiger partial charge < -0.3 is 9.88 Å². The number of amides is 1. The van der Waals surface area contributed by atoms with Crippen LogP contribution in [0.1, 0.15) is 24.6 Å². The number of fused-ring (bicyclic) bond motifs is 3. The average molecular weight is 228 g/mol. The summed E-state index contributed by atoms with van der Waals surface area (Å²) >= 11 is 0. The van der Waals surface area contributed by atoms with Gasteiger partial charge in [0.1, 0.15) is 0 Å². The van der Waals surface area contributed by atoms with Gasteiger partial charge in [-0.15, -0.1) is 0 Å². The number of aromatic nitrogens is 1. The monoisotopic (exact) mass is 228 g/mol. The van der Waals surface area contributed by atoms with E-state index in [9.17, 15) is 4.79 Å². The summed E-state index contributed by atoms with van der Waals surface area (Å²) < 4.78 is 0. The number of para-hydroxylation sites is 1. The summed E-state index contributed by atoms with van der Waals surface area (Å²) in [5.74, 6) is 0.245. The zero-order valence-corrected chi connectivity index (χ0v) is 9.99. The quantitative estimate of drug-likeness (QED) is 0.799. The van der Waals surface area contributed by atoms with E-state index in [2.05, 4.69) is 23.2 Å². The topological polar surface area (TPSA) is 36.1 Å². The minimum Gasteiger partial charge on any atom is -0.357 e. The van der Waals surface area contributed by atoms with Gasteiger partial charge in [0, 0.05) is 29.6 Å². The molecule has 1 aromatic carbocycles. The average Bonchev–Trinajstić information content (AvgIpc) is 2.75. The predicted molar refractivity (Wildman–Crippen MR) is 67.7 cm³/mol. The molecule has 0 saturated carbocycles. The molecule has 0 aliphatic carbocycles. The van der Waals surface area contributed by atoms with Crippen molar-refractivity contribution in [3.8, 4) is 0 Å². The zero-order valence-electron chi connectivity index (χ0n) is 9.99. The Morgan fingerprint density at radius 2 is 2.24 bits per heavy atom. The summed E-state index contributed by atoms with van der Waals surface area (Å²) in [5, 5.41) is 1.31. The minimum atomic E-state index is 0.245. The van der Waals surface area contributed by atoms with Crippen molar-refractivity contribution >= 4 is 16.8 Å². The van der Waals surface area contributed by atoms with Crippen LogP contribution in [0.15, 0.2) is 24.3 Å². The van der Waals surface area contributed by atoms with Crippen molar-refractivity contribution in [1.82, 2.24) is 9.88 Å². The Morgan fingerprint density at radius 1 is 1.41 bits per heavy atom. The number of carbonyl (C=O) groups is 1. The normalized spacial score (nSPS) is 15.0. The van der Waals surface area contributed by atoms with Crippen LogP contribution in [0.4, 0.5) is 0 Å². The van der Waals surface area contributed by atoms with E-state index in [0.29, 0.717) is 6.42 Å². The van der Waals surface area contributed by atoms with Crippen LogP contribution >= 0.6 is 0 Å². The molecule has 0 atom stereocenters. The van der Waals surface area contributed by atoms with Crippen LogP contribution in [-0.4, -0.2) is 22.3 Å². The molecule has 0 spiro atoms. The third-order valence-corrected chi connectivity index (χ3v) is 3.54. The predicted octanol–water partition coefficient (Wildman–Crippen LogP) is 2.46. The minimum absolute atomic E-state index is 0.245. The first-order chi connectivity index (χ1) is 8.29. The Hall–Kier alpha value is -1.77. The molecule has 17 heavy (non-hydrogen) atoms. The Kier molecular flexibility index (Phi) is 2.39. The Labute approximate surface area is 100 Å². The zero-order chi connectivity index (χ0) is 11.8. The van der Waals surface area contributed by atoms with Crippen LogP contribution in [0.3, 0.4) is 0 Å². The van der Waals surface area contributed by atoms with Gasteiger partial charge >= 0.3 is 0 Å². The Balaban J connectivity index is 2.00. The van der Waals surface area contributed by atoms with Gasteiger partial charge in [0.25, 0.3) is 0 Å². The largest absolute Gasteiger partial charge is 0.357 e. The van der Waals surface area contributed by atoms with Crippen molar-refractivity contribution in [2.45, 2.75) is 26.3 Å². The molecule has 0 unspecified atom stereocenters. The number of benzene rings is 1. The third-order valence-electron chi connectivity index (χ3n) is 3.54. The van der Waals surface area contributed by atoms with Gasteiger partial charge in [-0.1, -0.05) is 25.1 Å². The molecule has 1 aliphatic heterocycles. The highest BCUT2D eigenvalue weighted by Gasteiger charge is 2.22. The van der Waals surface area contributed by atoms with Crippen LogP contribution in [0, 0.1) is 0 Å². The standard InChI is InChI=1S/C14H16N2O/c1-2-14(17)16-8-7-11-10-5-3-4-6-12(10)15-13(11)9-16/h3-6,15H,2,7-9H2,1H3. The number of nitrogens with one attached hydrogen (secondary N) is 1. The first-order valence-electron chi connectivity index (χ1n) is 6.16. The lowest BCUT2D eigenvalue weighted by Crippen LogP contribution is -2.35.